The number of amides is 1. The van der Waals surface area contributed by atoms with E-state index < -0.39 is 5.97 Å². The summed E-state index contributed by atoms with van der Waals surface area (Å²) < 4.78 is 5.37. The lowest BCUT2D eigenvalue weighted by molar-refractivity contribution is 0.0698. The number of carbonyl (C=O) groups is 2. The SMILES string of the molecule is O=C(O)c1ccc(C(=O)N(CC2CCOC2)C2CC2)s1. The molecule has 1 unspecified atom stereocenters. The maximum absolute atomic E-state index is 12.6. The van der Waals surface area contributed by atoms with Crippen LogP contribution in [-0.4, -0.2) is 47.7 Å². The molecule has 108 valence electrons. The molecule has 1 aliphatic heterocycles. The lowest BCUT2D eigenvalue weighted by Gasteiger charge is -2.24. The molecule has 0 spiro atoms. The predicted octanol–water partition coefficient (Wildman–Crippen LogP) is 2.09. The number of aromatic carboxylic acids is 1. The zero-order valence-electron chi connectivity index (χ0n) is 11.1. The second kappa shape index (κ2) is 5.54. The summed E-state index contributed by atoms with van der Waals surface area (Å²) in [5.41, 5.74) is 0. The van der Waals surface area contributed by atoms with Gasteiger partial charge >= 0.3 is 5.97 Å². The van der Waals surface area contributed by atoms with Crippen LogP contribution in [0.2, 0.25) is 0 Å². The van der Waals surface area contributed by atoms with E-state index in [1.165, 1.54) is 6.07 Å². The van der Waals surface area contributed by atoms with Crippen LogP contribution < -0.4 is 0 Å². The average Bonchev–Trinajstić information content (AvgIpc) is 2.95. The number of carbonyl (C=O) groups excluding carboxylic acids is 1. The van der Waals surface area contributed by atoms with Crippen LogP contribution in [0.25, 0.3) is 0 Å². The van der Waals surface area contributed by atoms with E-state index in [2.05, 4.69) is 0 Å². The largest absolute Gasteiger partial charge is 0.477 e. The number of nitrogens with zero attached hydrogens (tertiary/aromatic N) is 1. The molecule has 1 aromatic heterocycles. The van der Waals surface area contributed by atoms with Crippen LogP contribution in [0.1, 0.15) is 38.6 Å². The van der Waals surface area contributed by atoms with Crippen LogP contribution in [0.5, 0.6) is 0 Å². The Labute approximate surface area is 121 Å². The molecule has 1 aromatic rings. The standard InChI is InChI=1S/C14H17NO4S/c16-13(11-3-4-12(20-11)14(17)18)15(10-1-2-10)7-9-5-6-19-8-9/h3-4,9-10H,1-2,5-8H2,(H,17,18). The Hall–Kier alpha value is -1.40. The topological polar surface area (TPSA) is 66.8 Å². The highest BCUT2D eigenvalue weighted by Gasteiger charge is 2.35. The predicted molar refractivity (Wildman–Crippen MR) is 74.3 cm³/mol. The Bertz CT molecular complexity index is 517. The lowest BCUT2D eigenvalue weighted by Crippen LogP contribution is -2.37. The Balaban J connectivity index is 1.72. The summed E-state index contributed by atoms with van der Waals surface area (Å²) in [4.78, 5) is 26.1. The number of carboxylic acid groups (broad SMARTS) is 1. The third kappa shape index (κ3) is 2.86. The molecule has 1 saturated carbocycles. The van der Waals surface area contributed by atoms with E-state index in [1.807, 2.05) is 4.90 Å². The van der Waals surface area contributed by atoms with Crippen molar-refractivity contribution in [3.63, 3.8) is 0 Å². The maximum Gasteiger partial charge on any atom is 0.345 e. The first-order valence-corrected chi connectivity index (χ1v) is 7.68. The highest BCUT2D eigenvalue weighted by Crippen LogP contribution is 2.31. The van der Waals surface area contributed by atoms with Gasteiger partial charge in [-0.05, 0) is 31.4 Å². The van der Waals surface area contributed by atoms with E-state index in [9.17, 15) is 9.59 Å². The van der Waals surface area contributed by atoms with E-state index in [4.69, 9.17) is 9.84 Å². The molecule has 0 bridgehead atoms. The molecule has 1 saturated heterocycles. The van der Waals surface area contributed by atoms with Gasteiger partial charge in [-0.25, -0.2) is 4.79 Å². The summed E-state index contributed by atoms with van der Waals surface area (Å²) in [7, 11) is 0. The second-order valence-corrected chi connectivity index (χ2v) is 6.47. The fourth-order valence-electron chi connectivity index (χ4n) is 2.50. The lowest BCUT2D eigenvalue weighted by atomic mass is 10.1. The first kappa shape index (κ1) is 13.6. The van der Waals surface area contributed by atoms with Crippen LogP contribution >= 0.6 is 11.3 Å². The highest BCUT2D eigenvalue weighted by molar-refractivity contribution is 7.15. The van der Waals surface area contributed by atoms with E-state index >= 15 is 0 Å². The molecule has 20 heavy (non-hydrogen) atoms. The van der Waals surface area contributed by atoms with Crippen LogP contribution in [0.15, 0.2) is 12.1 Å². The summed E-state index contributed by atoms with van der Waals surface area (Å²) >= 11 is 1.06. The summed E-state index contributed by atoms with van der Waals surface area (Å²) in [5, 5.41) is 8.94. The molecule has 2 aliphatic rings. The molecule has 0 radical (unpaired) electrons. The van der Waals surface area contributed by atoms with Gasteiger partial charge in [-0.3, -0.25) is 4.79 Å². The fraction of sp³-hybridized carbons (Fsp3) is 0.571. The number of rotatable bonds is 5. The zero-order valence-corrected chi connectivity index (χ0v) is 11.9. The number of ether oxygens (including phenoxy) is 1. The summed E-state index contributed by atoms with van der Waals surface area (Å²) in [6.07, 6.45) is 3.11. The first-order valence-electron chi connectivity index (χ1n) is 6.87. The van der Waals surface area contributed by atoms with Gasteiger partial charge in [0, 0.05) is 25.1 Å². The van der Waals surface area contributed by atoms with Crippen LogP contribution in [0, 0.1) is 5.92 Å². The van der Waals surface area contributed by atoms with Crippen molar-refractivity contribution in [1.82, 2.24) is 4.90 Å². The van der Waals surface area contributed by atoms with Crippen molar-refractivity contribution in [3.05, 3.63) is 21.9 Å². The zero-order chi connectivity index (χ0) is 14.1. The van der Waals surface area contributed by atoms with Gasteiger partial charge in [0.1, 0.15) is 4.88 Å². The van der Waals surface area contributed by atoms with Crippen LogP contribution in [0.3, 0.4) is 0 Å². The van der Waals surface area contributed by atoms with Crippen molar-refractivity contribution in [3.8, 4) is 0 Å². The Morgan fingerprint density at radius 2 is 2.05 bits per heavy atom. The van der Waals surface area contributed by atoms with Crippen LogP contribution in [-0.2, 0) is 4.74 Å². The van der Waals surface area contributed by atoms with Gasteiger partial charge in [-0.1, -0.05) is 0 Å². The monoisotopic (exact) mass is 295 g/mol. The minimum atomic E-state index is -0.976. The number of hydrogen-bond acceptors (Lipinski definition) is 4. The molecule has 1 atom stereocenters. The maximum atomic E-state index is 12.6. The molecule has 1 aliphatic carbocycles. The molecular formula is C14H17NO4S. The first-order chi connectivity index (χ1) is 9.65. The van der Waals surface area contributed by atoms with E-state index in [1.54, 1.807) is 6.07 Å². The Morgan fingerprint density at radius 1 is 1.30 bits per heavy atom. The van der Waals surface area contributed by atoms with Crippen molar-refractivity contribution in [2.24, 2.45) is 5.92 Å². The van der Waals surface area contributed by atoms with Crippen molar-refractivity contribution in [1.29, 1.82) is 0 Å². The minimum Gasteiger partial charge on any atom is -0.477 e. The van der Waals surface area contributed by atoms with Crippen LogP contribution in [0.4, 0.5) is 0 Å². The van der Waals surface area contributed by atoms with E-state index in [0.29, 0.717) is 16.8 Å². The summed E-state index contributed by atoms with van der Waals surface area (Å²) in [6, 6.07) is 3.46. The molecule has 1 N–H and O–H groups in total. The van der Waals surface area contributed by atoms with Gasteiger partial charge in [-0.15, -0.1) is 11.3 Å². The number of carboxylic acids is 1. The number of thiophene rings is 1. The minimum absolute atomic E-state index is 0.0306. The quantitative estimate of drug-likeness (QED) is 0.903. The van der Waals surface area contributed by atoms with Crippen molar-refractivity contribution >= 4 is 23.2 Å². The third-order valence-corrected chi connectivity index (χ3v) is 4.82. The molecule has 2 fully saturated rings. The van der Waals surface area contributed by atoms with Gasteiger partial charge in [-0.2, -0.15) is 0 Å². The summed E-state index contributed by atoms with van der Waals surface area (Å²) in [5.74, 6) is -0.591. The van der Waals surface area contributed by atoms with Crippen molar-refractivity contribution < 1.29 is 19.4 Å². The van der Waals surface area contributed by atoms with Gasteiger partial charge in [0.15, 0.2) is 0 Å². The van der Waals surface area contributed by atoms with Gasteiger partial charge in [0.05, 0.1) is 11.5 Å². The molecule has 2 heterocycles. The fourth-order valence-corrected chi connectivity index (χ4v) is 3.30. The van der Waals surface area contributed by atoms with Gasteiger partial charge < -0.3 is 14.7 Å². The van der Waals surface area contributed by atoms with E-state index in [-0.39, 0.29) is 10.8 Å². The number of hydrogen-bond donors (Lipinski definition) is 1. The van der Waals surface area contributed by atoms with Gasteiger partial charge in [0.25, 0.3) is 5.91 Å². The Kier molecular flexibility index (Phi) is 3.76. The Morgan fingerprint density at radius 3 is 2.60 bits per heavy atom. The molecule has 1 amide bonds. The average molecular weight is 295 g/mol. The molecular weight excluding hydrogens is 278 g/mol. The smallest absolute Gasteiger partial charge is 0.345 e. The highest BCUT2D eigenvalue weighted by atomic mass is 32.1. The molecule has 5 nitrogen and oxygen atoms in total. The van der Waals surface area contributed by atoms with Gasteiger partial charge in [0.2, 0.25) is 0 Å². The van der Waals surface area contributed by atoms with Crippen molar-refractivity contribution in [2.45, 2.75) is 25.3 Å². The third-order valence-electron chi connectivity index (χ3n) is 3.75. The normalized spacial score (nSPS) is 21.9. The summed E-state index contributed by atoms with van der Waals surface area (Å²) in [6.45, 7) is 2.23. The second-order valence-electron chi connectivity index (χ2n) is 5.39. The molecule has 3 rings (SSSR count). The van der Waals surface area contributed by atoms with E-state index in [0.717, 1.165) is 50.4 Å². The van der Waals surface area contributed by atoms with Crippen molar-refractivity contribution in [2.75, 3.05) is 19.8 Å². The molecule has 6 heteroatoms. The molecule has 0 aromatic carbocycles.